The van der Waals surface area contributed by atoms with Crippen molar-refractivity contribution in [2.75, 3.05) is 0 Å². The third-order valence-electron chi connectivity index (χ3n) is 2.30. The van der Waals surface area contributed by atoms with Gasteiger partial charge in [-0.1, -0.05) is 0 Å². The topological polar surface area (TPSA) is 46.0 Å². The van der Waals surface area contributed by atoms with Gasteiger partial charge < -0.3 is 0 Å². The highest BCUT2D eigenvalue weighted by Gasteiger charge is 2.03. The van der Waals surface area contributed by atoms with Crippen LogP contribution < -0.4 is 0 Å². The van der Waals surface area contributed by atoms with E-state index in [1.807, 2.05) is 29.1 Å². The van der Waals surface area contributed by atoms with Gasteiger partial charge in [-0.15, -0.1) is 0 Å². The quantitative estimate of drug-likeness (QED) is 0.701. The molecule has 3 aromatic heterocycles. The summed E-state index contributed by atoms with van der Waals surface area (Å²) in [5.74, 6) is 0. The summed E-state index contributed by atoms with van der Waals surface area (Å²) < 4.78 is 3.16. The van der Waals surface area contributed by atoms with E-state index in [4.69, 9.17) is 0 Å². The maximum absolute atomic E-state index is 4.31. The summed E-state index contributed by atoms with van der Waals surface area (Å²) in [6.45, 7) is 0. The van der Waals surface area contributed by atoms with Crippen molar-refractivity contribution in [1.82, 2.24) is 19.6 Å². The fourth-order valence-electron chi connectivity index (χ4n) is 1.54. The lowest BCUT2D eigenvalue weighted by Gasteiger charge is -1.99. The average molecular weight is 310 g/mol. The van der Waals surface area contributed by atoms with Crippen molar-refractivity contribution in [3.05, 3.63) is 40.6 Å². The Labute approximate surface area is 99.5 Å². The number of hydrogen-bond donors (Lipinski definition) is 1. The van der Waals surface area contributed by atoms with Gasteiger partial charge in [0.05, 0.1) is 12.4 Å². The Bertz CT molecular complexity index is 597. The van der Waals surface area contributed by atoms with Crippen LogP contribution in [0.25, 0.3) is 16.8 Å². The Morgan fingerprint density at radius 1 is 1.27 bits per heavy atom. The van der Waals surface area contributed by atoms with E-state index in [9.17, 15) is 0 Å². The lowest BCUT2D eigenvalue weighted by Crippen LogP contribution is -1.86. The fourth-order valence-corrected chi connectivity index (χ4v) is 2.09. The number of nitrogens with zero attached hydrogens (tertiary/aromatic N) is 3. The Hall–Kier alpha value is -1.37. The summed E-state index contributed by atoms with van der Waals surface area (Å²) in [5.41, 5.74) is 3.16. The van der Waals surface area contributed by atoms with Crippen LogP contribution >= 0.6 is 22.6 Å². The lowest BCUT2D eigenvalue weighted by atomic mass is 10.1. The molecule has 0 spiro atoms. The normalized spacial score (nSPS) is 11.0. The molecule has 0 unspecified atom stereocenters. The summed E-state index contributed by atoms with van der Waals surface area (Å²) in [5, 5.41) is 6.73. The van der Waals surface area contributed by atoms with Gasteiger partial charge in [-0.2, -0.15) is 5.10 Å². The van der Waals surface area contributed by atoms with Gasteiger partial charge >= 0.3 is 0 Å². The van der Waals surface area contributed by atoms with Crippen LogP contribution in [0.3, 0.4) is 0 Å². The second-order valence-electron chi connectivity index (χ2n) is 3.21. The molecular weight excluding hydrogens is 303 g/mol. The van der Waals surface area contributed by atoms with E-state index in [1.54, 1.807) is 6.20 Å². The smallest absolute Gasteiger partial charge is 0.138 e. The minimum absolute atomic E-state index is 0.957. The van der Waals surface area contributed by atoms with Crippen molar-refractivity contribution in [3.8, 4) is 11.1 Å². The van der Waals surface area contributed by atoms with Gasteiger partial charge in [-0.25, -0.2) is 4.98 Å². The number of fused-ring (bicyclic) bond motifs is 1. The first-order valence-corrected chi connectivity index (χ1v) is 5.54. The Morgan fingerprint density at radius 2 is 2.20 bits per heavy atom. The second-order valence-corrected chi connectivity index (χ2v) is 4.32. The predicted molar refractivity (Wildman–Crippen MR) is 65.5 cm³/mol. The van der Waals surface area contributed by atoms with Crippen LogP contribution in [0.1, 0.15) is 0 Å². The molecule has 0 amide bonds. The summed E-state index contributed by atoms with van der Waals surface area (Å²) in [7, 11) is 0. The van der Waals surface area contributed by atoms with Crippen LogP contribution in [0.4, 0.5) is 0 Å². The van der Waals surface area contributed by atoms with Crippen LogP contribution in [0.2, 0.25) is 0 Å². The first kappa shape index (κ1) is 8.90. The van der Waals surface area contributed by atoms with Crippen molar-refractivity contribution in [2.45, 2.75) is 0 Å². The molecule has 0 aromatic carbocycles. The molecule has 0 saturated heterocycles. The molecule has 0 saturated carbocycles. The largest absolute Gasteiger partial charge is 0.295 e. The summed E-state index contributed by atoms with van der Waals surface area (Å²) in [6, 6.07) is 4.11. The first-order valence-electron chi connectivity index (χ1n) is 4.46. The summed E-state index contributed by atoms with van der Waals surface area (Å²) >= 11 is 2.26. The number of aromatic amines is 1. The Balaban J connectivity index is 2.23. The first-order chi connectivity index (χ1) is 7.34. The average Bonchev–Trinajstić information content (AvgIpc) is 2.88. The Kier molecular flexibility index (Phi) is 1.98. The monoisotopic (exact) mass is 310 g/mol. The molecular formula is C10H7IN4. The summed E-state index contributed by atoms with van der Waals surface area (Å²) in [6.07, 6.45) is 7.56. The molecule has 1 N–H and O–H groups in total. The van der Waals surface area contributed by atoms with E-state index >= 15 is 0 Å². The maximum atomic E-state index is 4.31. The van der Waals surface area contributed by atoms with Gasteiger partial charge in [-0.3, -0.25) is 9.50 Å². The van der Waals surface area contributed by atoms with Gasteiger partial charge in [-0.05, 0) is 40.3 Å². The molecule has 3 aromatic rings. The van der Waals surface area contributed by atoms with E-state index in [0.717, 1.165) is 20.5 Å². The fraction of sp³-hybridized carbons (Fsp3) is 0. The highest BCUT2D eigenvalue weighted by molar-refractivity contribution is 14.1. The number of H-pyrrole nitrogens is 1. The van der Waals surface area contributed by atoms with Crippen molar-refractivity contribution in [3.63, 3.8) is 0 Å². The minimum Gasteiger partial charge on any atom is -0.295 e. The number of pyridine rings is 1. The molecule has 15 heavy (non-hydrogen) atoms. The van der Waals surface area contributed by atoms with E-state index in [0.29, 0.717) is 0 Å². The second kappa shape index (κ2) is 3.34. The molecule has 0 atom stereocenters. The molecule has 74 valence electrons. The number of rotatable bonds is 1. The van der Waals surface area contributed by atoms with Crippen LogP contribution in [0, 0.1) is 3.70 Å². The van der Waals surface area contributed by atoms with Gasteiger partial charge in [0.25, 0.3) is 0 Å². The third-order valence-corrected chi connectivity index (χ3v) is 3.10. The van der Waals surface area contributed by atoms with Crippen LogP contribution in [0.15, 0.2) is 36.9 Å². The summed E-state index contributed by atoms with van der Waals surface area (Å²) in [4.78, 5) is 4.31. The Morgan fingerprint density at radius 3 is 3.00 bits per heavy atom. The molecule has 3 heterocycles. The molecule has 3 rings (SSSR count). The van der Waals surface area contributed by atoms with Crippen LogP contribution in [-0.4, -0.2) is 19.6 Å². The van der Waals surface area contributed by atoms with Gasteiger partial charge in [0, 0.05) is 18.0 Å². The lowest BCUT2D eigenvalue weighted by molar-refractivity contribution is 1.09. The number of halogens is 1. The van der Waals surface area contributed by atoms with Gasteiger partial charge in [0.2, 0.25) is 0 Å². The zero-order valence-corrected chi connectivity index (χ0v) is 9.84. The van der Waals surface area contributed by atoms with Crippen LogP contribution in [0.5, 0.6) is 0 Å². The predicted octanol–water partition coefficient (Wildman–Crippen LogP) is 2.33. The van der Waals surface area contributed by atoms with E-state index in [-0.39, 0.29) is 0 Å². The molecule has 0 fully saturated rings. The van der Waals surface area contributed by atoms with Gasteiger partial charge in [0.1, 0.15) is 9.35 Å². The third kappa shape index (κ3) is 1.43. The number of aromatic nitrogens is 4. The van der Waals surface area contributed by atoms with Crippen molar-refractivity contribution >= 4 is 28.2 Å². The molecule has 4 nitrogen and oxygen atoms in total. The zero-order valence-electron chi connectivity index (χ0n) is 7.68. The standard InChI is InChI=1S/C10H7IN4/c11-9-6-12-10-3-7(1-2-15(9)10)8-4-13-14-5-8/h1-6H,(H,13,14). The molecule has 0 aliphatic rings. The minimum atomic E-state index is 0.957. The van der Waals surface area contributed by atoms with E-state index < -0.39 is 0 Å². The van der Waals surface area contributed by atoms with Gasteiger partial charge in [0.15, 0.2) is 0 Å². The molecule has 0 aliphatic heterocycles. The highest BCUT2D eigenvalue weighted by atomic mass is 127. The van der Waals surface area contributed by atoms with E-state index in [1.165, 1.54) is 0 Å². The van der Waals surface area contributed by atoms with Crippen molar-refractivity contribution < 1.29 is 0 Å². The van der Waals surface area contributed by atoms with E-state index in [2.05, 4.69) is 43.8 Å². The SMILES string of the molecule is Ic1cnc2cc(-c3cn[nH]c3)ccn12. The van der Waals surface area contributed by atoms with Crippen molar-refractivity contribution in [1.29, 1.82) is 0 Å². The van der Waals surface area contributed by atoms with Crippen LogP contribution in [-0.2, 0) is 0 Å². The van der Waals surface area contributed by atoms with Crippen molar-refractivity contribution in [2.24, 2.45) is 0 Å². The number of nitrogens with one attached hydrogen (secondary N) is 1. The molecule has 5 heteroatoms. The molecule has 0 bridgehead atoms. The number of imidazole rings is 1. The molecule has 0 aliphatic carbocycles. The molecule has 0 radical (unpaired) electrons. The maximum Gasteiger partial charge on any atom is 0.138 e. The number of hydrogen-bond acceptors (Lipinski definition) is 2. The zero-order chi connectivity index (χ0) is 10.3. The highest BCUT2D eigenvalue weighted by Crippen LogP contribution is 2.20.